The van der Waals surface area contributed by atoms with E-state index in [4.69, 9.17) is 14.2 Å². The summed E-state index contributed by atoms with van der Waals surface area (Å²) in [5.41, 5.74) is 0. The highest BCUT2D eigenvalue weighted by Crippen LogP contribution is 2.18. The van der Waals surface area contributed by atoms with Gasteiger partial charge in [-0.3, -0.25) is 14.4 Å². The maximum atomic E-state index is 13.0. The fourth-order valence-corrected chi connectivity index (χ4v) is 10.3. The number of rotatable bonds is 65. The van der Waals surface area contributed by atoms with Crippen molar-refractivity contribution in [3.63, 3.8) is 0 Å². The number of ether oxygens (including phenoxy) is 3. The first-order chi connectivity index (χ1) is 41.0. The molecule has 0 aromatic heterocycles. The summed E-state index contributed by atoms with van der Waals surface area (Å²) < 4.78 is 17.0. The number of carbonyl (C=O) groups is 3. The highest BCUT2D eigenvalue weighted by Gasteiger charge is 2.19. The summed E-state index contributed by atoms with van der Waals surface area (Å²) in [5, 5.41) is 0. The Kier molecular flexibility index (Phi) is 67.7. The molecule has 0 amide bonds. The lowest BCUT2D eigenvalue weighted by Gasteiger charge is -2.18. The lowest BCUT2D eigenvalue weighted by molar-refractivity contribution is -0.167. The van der Waals surface area contributed by atoms with Crippen molar-refractivity contribution < 1.29 is 28.6 Å². The van der Waals surface area contributed by atoms with Crippen LogP contribution in [-0.4, -0.2) is 37.2 Å². The molecule has 0 bridgehead atoms. The fourth-order valence-electron chi connectivity index (χ4n) is 10.3. The van der Waals surface area contributed by atoms with Crippen molar-refractivity contribution in [1.82, 2.24) is 0 Å². The molecule has 1 unspecified atom stereocenters. The molecule has 6 heteroatoms. The minimum absolute atomic E-state index is 0.0725. The molecule has 0 rings (SSSR count). The number of carbonyl (C=O) groups excluding carboxylic acids is 3. The topological polar surface area (TPSA) is 78.9 Å². The van der Waals surface area contributed by atoms with E-state index in [1.165, 1.54) is 205 Å². The van der Waals surface area contributed by atoms with Gasteiger partial charge in [0.05, 0.1) is 0 Å². The number of esters is 3. The van der Waals surface area contributed by atoms with Crippen LogP contribution in [-0.2, 0) is 28.6 Å². The molecule has 0 aliphatic carbocycles. The van der Waals surface area contributed by atoms with Crippen LogP contribution in [0, 0.1) is 0 Å². The first-order valence-electron chi connectivity index (χ1n) is 35.7. The van der Waals surface area contributed by atoms with Crippen LogP contribution in [0.5, 0.6) is 0 Å². The van der Waals surface area contributed by atoms with Gasteiger partial charge >= 0.3 is 17.9 Å². The summed E-state index contributed by atoms with van der Waals surface area (Å²) in [6.45, 7) is 6.45. The van der Waals surface area contributed by atoms with Gasteiger partial charge in [-0.25, -0.2) is 0 Å². The number of hydrogen-bond donors (Lipinski definition) is 0. The van der Waals surface area contributed by atoms with Gasteiger partial charge in [-0.2, -0.15) is 0 Å². The van der Waals surface area contributed by atoms with E-state index in [2.05, 4.69) is 118 Å². The molecular weight excluding hydrogens is 1020 g/mol. The van der Waals surface area contributed by atoms with E-state index in [9.17, 15) is 14.4 Å². The monoisotopic (exact) mass is 1160 g/mol. The third-order valence-electron chi connectivity index (χ3n) is 15.6. The van der Waals surface area contributed by atoms with Gasteiger partial charge in [-0.15, -0.1) is 0 Å². The zero-order valence-corrected chi connectivity index (χ0v) is 54.9. The van der Waals surface area contributed by atoms with Crippen LogP contribution >= 0.6 is 0 Å². The molecule has 478 valence electrons. The molecule has 6 nitrogen and oxygen atoms in total. The first kappa shape index (κ1) is 79.3. The fraction of sp³-hybridized carbons (Fsp3) is 0.753. The van der Waals surface area contributed by atoms with E-state index in [1.54, 1.807) is 0 Å². The van der Waals surface area contributed by atoms with Crippen LogP contribution in [0.1, 0.15) is 355 Å². The molecule has 0 aromatic rings. The van der Waals surface area contributed by atoms with E-state index in [0.29, 0.717) is 19.3 Å². The summed E-state index contributed by atoms with van der Waals surface area (Å²) in [7, 11) is 0. The van der Waals surface area contributed by atoms with E-state index in [-0.39, 0.29) is 31.1 Å². The highest BCUT2D eigenvalue weighted by atomic mass is 16.6. The molecule has 0 radical (unpaired) electrons. The van der Waals surface area contributed by atoms with Crippen molar-refractivity contribution in [2.75, 3.05) is 13.2 Å². The van der Waals surface area contributed by atoms with E-state index in [0.717, 1.165) is 109 Å². The first-order valence-corrected chi connectivity index (χ1v) is 35.7. The highest BCUT2D eigenvalue weighted by molar-refractivity contribution is 5.71. The van der Waals surface area contributed by atoms with Gasteiger partial charge < -0.3 is 14.2 Å². The lowest BCUT2D eigenvalue weighted by Crippen LogP contribution is -2.30. The van der Waals surface area contributed by atoms with Gasteiger partial charge in [0.1, 0.15) is 13.2 Å². The predicted molar refractivity (Wildman–Crippen MR) is 362 cm³/mol. The zero-order chi connectivity index (χ0) is 59.9. The Balaban J connectivity index is 4.20. The van der Waals surface area contributed by atoms with E-state index >= 15 is 0 Å². The number of allylic oxidation sites excluding steroid dienone is 16. The Morgan fingerprint density at radius 1 is 0.253 bits per heavy atom. The Morgan fingerprint density at radius 2 is 0.470 bits per heavy atom. The maximum Gasteiger partial charge on any atom is 0.306 e. The van der Waals surface area contributed by atoms with Crippen LogP contribution in [0.3, 0.4) is 0 Å². The van der Waals surface area contributed by atoms with Gasteiger partial charge in [0.2, 0.25) is 0 Å². The molecule has 0 spiro atoms. The summed E-state index contributed by atoms with van der Waals surface area (Å²) in [6.07, 6.45) is 95.8. The number of unbranched alkanes of at least 4 members (excludes halogenated alkanes) is 38. The van der Waals surface area contributed by atoms with Crippen molar-refractivity contribution >= 4 is 17.9 Å². The van der Waals surface area contributed by atoms with E-state index in [1.807, 2.05) is 0 Å². The van der Waals surface area contributed by atoms with Gasteiger partial charge in [0, 0.05) is 19.3 Å². The zero-order valence-electron chi connectivity index (χ0n) is 54.9. The largest absolute Gasteiger partial charge is 0.462 e. The van der Waals surface area contributed by atoms with Crippen LogP contribution in [0.15, 0.2) is 97.2 Å². The molecule has 0 saturated heterocycles. The van der Waals surface area contributed by atoms with Crippen molar-refractivity contribution in [1.29, 1.82) is 0 Å². The van der Waals surface area contributed by atoms with Gasteiger partial charge in [-0.1, -0.05) is 336 Å². The Hall–Kier alpha value is -3.67. The molecule has 0 aromatic carbocycles. The summed E-state index contributed by atoms with van der Waals surface area (Å²) in [4.78, 5) is 38.4. The van der Waals surface area contributed by atoms with Gasteiger partial charge in [0.25, 0.3) is 0 Å². The summed E-state index contributed by atoms with van der Waals surface area (Å²) in [5.74, 6) is -0.856. The van der Waals surface area contributed by atoms with Gasteiger partial charge in [-0.05, 0) is 96.3 Å². The Morgan fingerprint density at radius 3 is 0.735 bits per heavy atom. The molecule has 0 N–H and O–H groups in total. The third kappa shape index (κ3) is 69.0. The second-order valence-corrected chi connectivity index (χ2v) is 23.7. The molecule has 0 fully saturated rings. The second kappa shape index (κ2) is 70.8. The maximum absolute atomic E-state index is 13.0. The smallest absolute Gasteiger partial charge is 0.306 e. The molecule has 83 heavy (non-hydrogen) atoms. The van der Waals surface area contributed by atoms with Crippen LogP contribution in [0.4, 0.5) is 0 Å². The predicted octanol–water partition coefficient (Wildman–Crippen LogP) is 24.8. The van der Waals surface area contributed by atoms with Crippen molar-refractivity contribution in [2.45, 2.75) is 361 Å². The molecule has 0 saturated carbocycles. The Bertz CT molecular complexity index is 1610. The van der Waals surface area contributed by atoms with Crippen molar-refractivity contribution in [3.8, 4) is 0 Å². The minimum atomic E-state index is -0.776. The van der Waals surface area contributed by atoms with Crippen LogP contribution in [0.25, 0.3) is 0 Å². The standard InChI is InChI=1S/C77H134O6/c1-4-7-10-13-16-19-22-24-26-28-30-32-34-36-38-40-42-44-46-48-50-52-55-58-61-64-67-70-76(79)82-73-74(72-81-75(78)69-66-63-60-57-54-21-18-15-12-9-6-3)83-77(80)71-68-65-62-59-56-53-51-49-47-45-43-41-39-37-35-33-31-29-27-25-23-20-17-14-11-8-5-2/h7-8,10-11,16-17,19-20,24-27,30-33,74H,4-6,9,12-15,18,21-23,28-29,34-73H2,1-3H3/b10-7-,11-8-,19-16-,20-17-,26-24-,27-25-,32-30-,33-31-. The summed E-state index contributed by atoms with van der Waals surface area (Å²) >= 11 is 0. The third-order valence-corrected chi connectivity index (χ3v) is 15.6. The quantitative estimate of drug-likeness (QED) is 0.0261. The SMILES string of the molecule is CC/C=C\C/C=C\C/C=C\C/C=C\CCCCCCCCCCCCCCCCC(=O)OCC(COC(=O)CCCCCCCCCCCCC)OC(=O)CCCCCCCCCCCCCCCC/C=C\C/C=C\C/C=C\C/C=C\CC. The minimum Gasteiger partial charge on any atom is -0.462 e. The average molecular weight is 1160 g/mol. The Labute approximate surface area is 515 Å². The van der Waals surface area contributed by atoms with Crippen molar-refractivity contribution in [3.05, 3.63) is 97.2 Å². The summed E-state index contributed by atoms with van der Waals surface area (Å²) in [6, 6.07) is 0. The normalized spacial score (nSPS) is 12.7. The van der Waals surface area contributed by atoms with Crippen LogP contribution in [0.2, 0.25) is 0 Å². The van der Waals surface area contributed by atoms with Crippen molar-refractivity contribution in [2.24, 2.45) is 0 Å². The van der Waals surface area contributed by atoms with Gasteiger partial charge in [0.15, 0.2) is 6.10 Å². The molecule has 0 heterocycles. The van der Waals surface area contributed by atoms with Crippen LogP contribution < -0.4 is 0 Å². The van der Waals surface area contributed by atoms with E-state index < -0.39 is 6.10 Å². The molecule has 0 aliphatic rings. The molecule has 0 aliphatic heterocycles. The second-order valence-electron chi connectivity index (χ2n) is 23.7. The molecular formula is C77H134O6. The molecule has 1 atom stereocenters. The average Bonchev–Trinajstić information content (AvgIpc) is 3.48. The lowest BCUT2D eigenvalue weighted by atomic mass is 10.0. The number of hydrogen-bond acceptors (Lipinski definition) is 6.